The molecular formula is C19H23ClN2O2. The number of amides is 1. The zero-order valence-electron chi connectivity index (χ0n) is 14.1. The molecule has 2 aromatic carbocycles. The number of ether oxygens (including phenoxy) is 1. The first-order valence-electron chi connectivity index (χ1n) is 7.95. The summed E-state index contributed by atoms with van der Waals surface area (Å²) < 4.78 is 5.65. The largest absolute Gasteiger partial charge is 0.493 e. The summed E-state index contributed by atoms with van der Waals surface area (Å²) in [4.78, 5) is 16.0. The number of halogens is 1. The van der Waals surface area contributed by atoms with Gasteiger partial charge >= 0.3 is 0 Å². The summed E-state index contributed by atoms with van der Waals surface area (Å²) in [7, 11) is 3.74. The van der Waals surface area contributed by atoms with Crippen molar-refractivity contribution < 1.29 is 9.53 Å². The second-order valence-corrected chi connectivity index (χ2v) is 6.12. The average Bonchev–Trinajstić information content (AvgIpc) is 2.59. The van der Waals surface area contributed by atoms with Crippen molar-refractivity contribution in [2.75, 3.05) is 38.7 Å². The van der Waals surface area contributed by atoms with Gasteiger partial charge in [0.25, 0.3) is 0 Å². The Bertz CT molecular complexity index is 649. The number of para-hydroxylation sites is 1. The molecule has 0 radical (unpaired) electrons. The topological polar surface area (TPSA) is 32.8 Å². The molecule has 0 N–H and O–H groups in total. The van der Waals surface area contributed by atoms with E-state index in [4.69, 9.17) is 16.3 Å². The predicted octanol–water partition coefficient (Wildman–Crippen LogP) is 3.70. The van der Waals surface area contributed by atoms with Crippen molar-refractivity contribution in [3.05, 3.63) is 59.6 Å². The van der Waals surface area contributed by atoms with Crippen LogP contribution in [0, 0.1) is 0 Å². The van der Waals surface area contributed by atoms with Gasteiger partial charge in [0.1, 0.15) is 5.75 Å². The van der Waals surface area contributed by atoms with E-state index < -0.39 is 0 Å². The molecule has 0 saturated heterocycles. The summed E-state index contributed by atoms with van der Waals surface area (Å²) in [5, 5.41) is 0.666. The lowest BCUT2D eigenvalue weighted by atomic mass is 10.3. The fourth-order valence-corrected chi connectivity index (χ4v) is 2.47. The minimum atomic E-state index is 0.0689. The Morgan fingerprint density at radius 2 is 1.83 bits per heavy atom. The molecule has 5 heteroatoms. The molecule has 0 fully saturated rings. The maximum atomic E-state index is 12.3. The van der Waals surface area contributed by atoms with Crippen molar-refractivity contribution in [3.8, 4) is 5.75 Å². The average molecular weight is 347 g/mol. The minimum Gasteiger partial charge on any atom is -0.493 e. The van der Waals surface area contributed by atoms with Crippen molar-refractivity contribution in [1.29, 1.82) is 0 Å². The Balaban J connectivity index is 1.69. The van der Waals surface area contributed by atoms with E-state index >= 15 is 0 Å². The van der Waals surface area contributed by atoms with E-state index in [1.807, 2.05) is 60.5 Å². The van der Waals surface area contributed by atoms with Gasteiger partial charge in [-0.1, -0.05) is 35.9 Å². The molecular weight excluding hydrogens is 324 g/mol. The number of anilines is 1. The van der Waals surface area contributed by atoms with Gasteiger partial charge in [0, 0.05) is 24.3 Å². The maximum absolute atomic E-state index is 12.3. The molecule has 128 valence electrons. The van der Waals surface area contributed by atoms with Crippen LogP contribution in [0.1, 0.15) is 6.42 Å². The number of hydrogen-bond acceptors (Lipinski definition) is 3. The summed E-state index contributed by atoms with van der Waals surface area (Å²) in [6.07, 6.45) is 0.839. The predicted molar refractivity (Wildman–Crippen MR) is 98.9 cm³/mol. The quantitative estimate of drug-likeness (QED) is 0.683. The van der Waals surface area contributed by atoms with Gasteiger partial charge in [0.2, 0.25) is 5.91 Å². The van der Waals surface area contributed by atoms with Gasteiger partial charge in [-0.3, -0.25) is 9.69 Å². The van der Waals surface area contributed by atoms with Crippen molar-refractivity contribution in [3.63, 3.8) is 0 Å². The van der Waals surface area contributed by atoms with Crippen LogP contribution in [0.4, 0.5) is 5.69 Å². The Morgan fingerprint density at radius 3 is 2.54 bits per heavy atom. The lowest BCUT2D eigenvalue weighted by molar-refractivity contribution is -0.119. The van der Waals surface area contributed by atoms with Crippen molar-refractivity contribution in [2.24, 2.45) is 0 Å². The zero-order chi connectivity index (χ0) is 17.4. The monoisotopic (exact) mass is 346 g/mol. The zero-order valence-corrected chi connectivity index (χ0v) is 14.9. The highest BCUT2D eigenvalue weighted by Gasteiger charge is 2.12. The van der Waals surface area contributed by atoms with Gasteiger partial charge in [-0.05, 0) is 43.8 Å². The second-order valence-electron chi connectivity index (χ2n) is 5.69. The molecule has 0 unspecified atom stereocenters. The molecule has 0 saturated carbocycles. The first-order valence-corrected chi connectivity index (χ1v) is 8.32. The molecule has 0 aliphatic carbocycles. The smallest absolute Gasteiger partial charge is 0.240 e. The van der Waals surface area contributed by atoms with E-state index in [2.05, 4.69) is 0 Å². The number of carbonyl (C=O) groups excluding carboxylic acids is 1. The van der Waals surface area contributed by atoms with Crippen LogP contribution in [0.25, 0.3) is 0 Å². The molecule has 0 aliphatic rings. The number of benzene rings is 2. The van der Waals surface area contributed by atoms with Crippen LogP contribution >= 0.6 is 11.6 Å². The second kappa shape index (κ2) is 9.30. The lowest BCUT2D eigenvalue weighted by Gasteiger charge is -2.22. The molecule has 1 amide bonds. The lowest BCUT2D eigenvalue weighted by Crippen LogP contribution is -2.37. The number of hydrogen-bond donors (Lipinski definition) is 0. The van der Waals surface area contributed by atoms with E-state index in [1.165, 1.54) is 0 Å². The molecule has 4 nitrogen and oxygen atoms in total. The number of nitrogens with zero attached hydrogens (tertiary/aromatic N) is 2. The van der Waals surface area contributed by atoms with Gasteiger partial charge in [-0.15, -0.1) is 0 Å². The number of likely N-dealkylation sites (N-methyl/N-ethyl adjacent to an activating group) is 2. The minimum absolute atomic E-state index is 0.0689. The molecule has 0 aromatic heterocycles. The summed E-state index contributed by atoms with van der Waals surface area (Å²) in [6, 6.07) is 17.0. The van der Waals surface area contributed by atoms with Gasteiger partial charge in [0.05, 0.1) is 13.2 Å². The van der Waals surface area contributed by atoms with Crippen LogP contribution in [-0.4, -0.2) is 44.6 Å². The van der Waals surface area contributed by atoms with E-state index in [9.17, 15) is 4.79 Å². The molecule has 24 heavy (non-hydrogen) atoms. The third kappa shape index (κ3) is 5.87. The van der Waals surface area contributed by atoms with Crippen LogP contribution in [0.5, 0.6) is 5.75 Å². The van der Waals surface area contributed by atoms with Crippen molar-refractivity contribution >= 4 is 23.2 Å². The van der Waals surface area contributed by atoms with E-state index in [0.717, 1.165) is 24.4 Å². The van der Waals surface area contributed by atoms with Crippen LogP contribution in [0.15, 0.2) is 54.6 Å². The molecule has 0 atom stereocenters. The Morgan fingerprint density at radius 1 is 1.08 bits per heavy atom. The normalized spacial score (nSPS) is 10.7. The van der Waals surface area contributed by atoms with Crippen LogP contribution in [0.3, 0.4) is 0 Å². The summed E-state index contributed by atoms with van der Waals surface area (Å²) >= 11 is 5.92. The van der Waals surface area contributed by atoms with Crippen molar-refractivity contribution in [1.82, 2.24) is 4.90 Å². The van der Waals surface area contributed by atoms with Gasteiger partial charge < -0.3 is 9.64 Å². The Hall–Kier alpha value is -2.04. The fraction of sp³-hybridized carbons (Fsp3) is 0.316. The van der Waals surface area contributed by atoms with Crippen molar-refractivity contribution in [2.45, 2.75) is 6.42 Å². The van der Waals surface area contributed by atoms with Crippen LogP contribution in [0.2, 0.25) is 5.02 Å². The summed E-state index contributed by atoms with van der Waals surface area (Å²) in [6.45, 7) is 1.75. The standard InChI is InChI=1S/C19H23ClN2O2/c1-21(12-7-13-24-18-11-6-8-16(20)14-18)15-19(23)22(2)17-9-4-3-5-10-17/h3-6,8-11,14H,7,12-13,15H2,1-2H3. The highest BCUT2D eigenvalue weighted by atomic mass is 35.5. The Labute approximate surface area is 148 Å². The van der Waals surface area contributed by atoms with Gasteiger partial charge in [-0.25, -0.2) is 0 Å². The van der Waals surface area contributed by atoms with E-state index in [0.29, 0.717) is 18.2 Å². The Kier molecular flexibility index (Phi) is 7.09. The first-order chi connectivity index (χ1) is 11.6. The third-order valence-corrected chi connectivity index (χ3v) is 3.91. The summed E-state index contributed by atoms with van der Waals surface area (Å²) in [5.74, 6) is 0.837. The number of rotatable bonds is 8. The van der Waals surface area contributed by atoms with E-state index in [-0.39, 0.29) is 5.91 Å². The highest BCUT2D eigenvalue weighted by Crippen LogP contribution is 2.17. The molecule has 0 spiro atoms. The number of carbonyl (C=O) groups is 1. The summed E-state index contributed by atoms with van der Waals surface area (Å²) in [5.41, 5.74) is 0.903. The highest BCUT2D eigenvalue weighted by molar-refractivity contribution is 6.30. The molecule has 2 rings (SSSR count). The van der Waals surface area contributed by atoms with Gasteiger partial charge in [0.15, 0.2) is 0 Å². The van der Waals surface area contributed by atoms with Crippen LogP contribution < -0.4 is 9.64 Å². The van der Waals surface area contributed by atoms with E-state index in [1.54, 1.807) is 18.0 Å². The fourth-order valence-electron chi connectivity index (χ4n) is 2.29. The van der Waals surface area contributed by atoms with Gasteiger partial charge in [-0.2, -0.15) is 0 Å². The first kappa shape index (κ1) is 18.3. The van der Waals surface area contributed by atoms with Crippen LogP contribution in [-0.2, 0) is 4.79 Å². The third-order valence-electron chi connectivity index (χ3n) is 3.67. The molecule has 0 heterocycles. The molecule has 2 aromatic rings. The SMILES string of the molecule is CN(CCCOc1cccc(Cl)c1)CC(=O)N(C)c1ccccc1. The molecule has 0 bridgehead atoms. The maximum Gasteiger partial charge on any atom is 0.240 e. The molecule has 0 aliphatic heterocycles.